The van der Waals surface area contributed by atoms with Crippen molar-refractivity contribution in [3.05, 3.63) is 101 Å². The molecule has 202 valence electrons. The maximum atomic E-state index is 13.3. The van der Waals surface area contributed by atoms with Crippen LogP contribution in [0.1, 0.15) is 22.7 Å². The number of ether oxygens (including phenoxy) is 3. The third-order valence-electron chi connectivity index (χ3n) is 7.09. The zero-order valence-corrected chi connectivity index (χ0v) is 21.9. The molecule has 0 aliphatic carbocycles. The first-order valence-corrected chi connectivity index (χ1v) is 13.0. The monoisotopic (exact) mass is 528 g/mol. The Hall–Kier alpha value is -4.14. The summed E-state index contributed by atoms with van der Waals surface area (Å²) in [6, 6.07) is 23.3. The van der Waals surface area contributed by atoms with E-state index >= 15 is 0 Å². The molecule has 1 N–H and O–H groups in total. The van der Waals surface area contributed by atoms with Crippen LogP contribution in [0.3, 0.4) is 0 Å². The van der Waals surface area contributed by atoms with Crippen LogP contribution in [0.4, 0.5) is 0 Å². The van der Waals surface area contributed by atoms with Gasteiger partial charge in [-0.2, -0.15) is 0 Å². The van der Waals surface area contributed by atoms with Gasteiger partial charge < -0.3 is 24.2 Å². The van der Waals surface area contributed by atoms with Crippen LogP contribution in [0.5, 0.6) is 11.5 Å². The summed E-state index contributed by atoms with van der Waals surface area (Å²) in [6.07, 6.45) is 0. The predicted molar refractivity (Wildman–Crippen MR) is 146 cm³/mol. The topological polar surface area (TPSA) is 88.5 Å². The zero-order valence-electron chi connectivity index (χ0n) is 21.9. The van der Waals surface area contributed by atoms with Gasteiger partial charge in [0, 0.05) is 31.7 Å². The molecule has 0 radical (unpaired) electrons. The molecule has 3 aromatic carbocycles. The van der Waals surface area contributed by atoms with Gasteiger partial charge >= 0.3 is 0 Å². The van der Waals surface area contributed by atoms with Crippen molar-refractivity contribution in [3.63, 3.8) is 0 Å². The summed E-state index contributed by atoms with van der Waals surface area (Å²) >= 11 is 0. The number of rotatable bonds is 9. The number of carbonyl (C=O) groups excluding carboxylic acids is 2. The molecule has 5 rings (SSSR count). The molecule has 0 bridgehead atoms. The van der Waals surface area contributed by atoms with E-state index in [0.717, 1.165) is 18.7 Å². The second-order valence-electron chi connectivity index (χ2n) is 9.52. The first-order valence-electron chi connectivity index (χ1n) is 13.0. The highest BCUT2D eigenvalue weighted by Gasteiger charge is 2.46. The molecule has 2 fully saturated rings. The number of ketones is 1. The van der Waals surface area contributed by atoms with E-state index in [1.165, 1.54) is 7.11 Å². The molecule has 2 aliphatic rings. The summed E-state index contributed by atoms with van der Waals surface area (Å²) in [6.45, 7) is 4.19. The standard InChI is InChI=1S/C31H32N2O6/c1-37-26-9-5-8-24(20-26)29(34)27-28(33(31(36)30(27)35)15-14-32-16-18-38-19-17-32)23-10-12-25(13-11-23)39-21-22-6-3-2-4-7-22/h2-13,20,28,34H,14-19,21H2,1H3. The van der Waals surface area contributed by atoms with Crippen LogP contribution in [0.25, 0.3) is 5.76 Å². The van der Waals surface area contributed by atoms with E-state index in [-0.39, 0.29) is 11.3 Å². The predicted octanol–water partition coefficient (Wildman–Crippen LogP) is 4.03. The Balaban J connectivity index is 1.46. The molecule has 2 aliphatic heterocycles. The molecule has 3 aromatic rings. The number of methoxy groups -OCH3 is 1. The minimum Gasteiger partial charge on any atom is -0.507 e. The number of aliphatic hydroxyl groups is 1. The second-order valence-corrected chi connectivity index (χ2v) is 9.52. The van der Waals surface area contributed by atoms with Gasteiger partial charge in [0.05, 0.1) is 31.9 Å². The quantitative estimate of drug-likeness (QED) is 0.255. The van der Waals surface area contributed by atoms with Gasteiger partial charge in [-0.3, -0.25) is 14.5 Å². The number of benzene rings is 3. The molecule has 0 spiro atoms. The maximum absolute atomic E-state index is 13.3. The Kier molecular flexibility index (Phi) is 8.24. The van der Waals surface area contributed by atoms with Crippen LogP contribution in [-0.2, 0) is 20.9 Å². The molecule has 1 amide bonds. The SMILES string of the molecule is COc1cccc(C(O)=C2C(=O)C(=O)N(CCN3CCOCC3)C2c2ccc(OCc3ccccc3)cc2)c1. The van der Waals surface area contributed by atoms with Crippen molar-refractivity contribution in [3.8, 4) is 11.5 Å². The van der Waals surface area contributed by atoms with Crippen molar-refractivity contribution >= 4 is 17.4 Å². The van der Waals surface area contributed by atoms with Gasteiger partial charge in [0.1, 0.15) is 23.9 Å². The Morgan fingerprint density at radius 1 is 0.923 bits per heavy atom. The third kappa shape index (κ3) is 5.97. The van der Waals surface area contributed by atoms with Crippen LogP contribution < -0.4 is 9.47 Å². The minimum absolute atomic E-state index is 0.0631. The molecule has 1 atom stereocenters. The highest BCUT2D eigenvalue weighted by molar-refractivity contribution is 6.46. The summed E-state index contributed by atoms with van der Waals surface area (Å²) in [4.78, 5) is 30.4. The summed E-state index contributed by atoms with van der Waals surface area (Å²) in [5.74, 6) is -0.345. The average molecular weight is 529 g/mol. The summed E-state index contributed by atoms with van der Waals surface area (Å²) in [5.41, 5.74) is 2.24. The van der Waals surface area contributed by atoms with E-state index < -0.39 is 17.7 Å². The molecular weight excluding hydrogens is 496 g/mol. The lowest BCUT2D eigenvalue weighted by Gasteiger charge is -2.31. The molecule has 2 heterocycles. The van der Waals surface area contributed by atoms with Crippen LogP contribution in [-0.4, -0.2) is 73.1 Å². The molecule has 2 saturated heterocycles. The van der Waals surface area contributed by atoms with Gasteiger partial charge in [0.15, 0.2) is 0 Å². The van der Waals surface area contributed by atoms with Crippen LogP contribution >= 0.6 is 0 Å². The average Bonchev–Trinajstić information content (AvgIpc) is 3.25. The maximum Gasteiger partial charge on any atom is 0.295 e. The van der Waals surface area contributed by atoms with Crippen LogP contribution in [0.2, 0.25) is 0 Å². The molecular formula is C31H32N2O6. The Morgan fingerprint density at radius 3 is 2.38 bits per heavy atom. The first kappa shape index (κ1) is 26.5. The Bertz CT molecular complexity index is 1330. The minimum atomic E-state index is -0.736. The fourth-order valence-electron chi connectivity index (χ4n) is 4.94. The van der Waals surface area contributed by atoms with Crippen molar-refractivity contribution in [2.75, 3.05) is 46.5 Å². The van der Waals surface area contributed by atoms with E-state index in [1.807, 2.05) is 54.6 Å². The number of hydrogen-bond acceptors (Lipinski definition) is 7. The largest absolute Gasteiger partial charge is 0.507 e. The lowest BCUT2D eigenvalue weighted by molar-refractivity contribution is -0.140. The number of carbonyl (C=O) groups is 2. The van der Waals surface area contributed by atoms with Gasteiger partial charge in [-0.05, 0) is 35.4 Å². The lowest BCUT2D eigenvalue weighted by atomic mass is 9.95. The molecule has 8 heteroatoms. The van der Waals surface area contributed by atoms with E-state index in [9.17, 15) is 14.7 Å². The van der Waals surface area contributed by atoms with Crippen LogP contribution in [0.15, 0.2) is 84.4 Å². The highest BCUT2D eigenvalue weighted by atomic mass is 16.5. The molecule has 1 unspecified atom stereocenters. The Morgan fingerprint density at radius 2 is 1.67 bits per heavy atom. The summed E-state index contributed by atoms with van der Waals surface area (Å²) in [5, 5.41) is 11.3. The van der Waals surface area contributed by atoms with Crippen molar-refractivity contribution in [2.24, 2.45) is 0 Å². The van der Waals surface area contributed by atoms with Gasteiger partial charge in [-0.1, -0.05) is 54.6 Å². The zero-order chi connectivity index (χ0) is 27.2. The van der Waals surface area contributed by atoms with E-state index in [0.29, 0.717) is 55.5 Å². The Labute approximate surface area is 228 Å². The van der Waals surface area contributed by atoms with E-state index in [2.05, 4.69) is 4.90 Å². The van der Waals surface area contributed by atoms with Crippen LogP contribution in [0, 0.1) is 0 Å². The van der Waals surface area contributed by atoms with E-state index in [4.69, 9.17) is 14.2 Å². The van der Waals surface area contributed by atoms with Crippen molar-refractivity contribution in [2.45, 2.75) is 12.6 Å². The number of likely N-dealkylation sites (tertiary alicyclic amines) is 1. The number of morpholine rings is 1. The smallest absolute Gasteiger partial charge is 0.295 e. The van der Waals surface area contributed by atoms with Crippen molar-refractivity contribution in [1.29, 1.82) is 0 Å². The third-order valence-corrected chi connectivity index (χ3v) is 7.09. The van der Waals surface area contributed by atoms with Gasteiger partial charge in [0.2, 0.25) is 0 Å². The number of nitrogens with zero attached hydrogens (tertiary/aromatic N) is 2. The second kappa shape index (κ2) is 12.1. The van der Waals surface area contributed by atoms with Gasteiger partial charge in [-0.15, -0.1) is 0 Å². The van der Waals surface area contributed by atoms with Crippen molar-refractivity contribution < 1.29 is 28.9 Å². The fourth-order valence-corrected chi connectivity index (χ4v) is 4.94. The molecule has 39 heavy (non-hydrogen) atoms. The number of amides is 1. The molecule has 0 saturated carbocycles. The van der Waals surface area contributed by atoms with Gasteiger partial charge in [0.25, 0.3) is 11.7 Å². The highest BCUT2D eigenvalue weighted by Crippen LogP contribution is 2.40. The summed E-state index contributed by atoms with van der Waals surface area (Å²) in [7, 11) is 1.53. The number of Topliss-reactive ketones (excluding diaryl/α,β-unsaturated/α-hetero) is 1. The molecule has 0 aromatic heterocycles. The van der Waals surface area contributed by atoms with Crippen molar-refractivity contribution in [1.82, 2.24) is 9.80 Å². The fraction of sp³-hybridized carbons (Fsp3) is 0.290. The van der Waals surface area contributed by atoms with Gasteiger partial charge in [-0.25, -0.2) is 0 Å². The molecule has 8 nitrogen and oxygen atoms in total. The normalized spacial score (nSPS) is 19.3. The summed E-state index contributed by atoms with van der Waals surface area (Å²) < 4.78 is 16.7. The number of aliphatic hydroxyl groups excluding tert-OH is 1. The van der Waals surface area contributed by atoms with E-state index in [1.54, 1.807) is 29.2 Å². The lowest BCUT2D eigenvalue weighted by Crippen LogP contribution is -2.42. The first-order chi connectivity index (χ1) is 19.0. The number of hydrogen-bond donors (Lipinski definition) is 1.